The molecule has 0 radical (unpaired) electrons. The molecule has 0 aromatic heterocycles. The zero-order valence-electron chi connectivity index (χ0n) is 11.6. The van der Waals surface area contributed by atoms with Crippen LogP contribution in [-0.4, -0.2) is 42.6 Å². The van der Waals surface area contributed by atoms with Crippen molar-refractivity contribution in [1.82, 2.24) is 4.90 Å². The third-order valence-corrected chi connectivity index (χ3v) is 4.19. The molecule has 0 aromatic carbocycles. The molecule has 102 valence electrons. The molecule has 0 N–H and O–H groups in total. The highest BCUT2D eigenvalue weighted by molar-refractivity contribution is 6.18. The van der Waals surface area contributed by atoms with Gasteiger partial charge in [-0.1, -0.05) is 33.1 Å². The number of hydrogen-bond acceptors (Lipinski definition) is 2. The summed E-state index contributed by atoms with van der Waals surface area (Å²) in [4.78, 5) is 2.57. The maximum Gasteiger partial charge on any atom is 0.0837 e. The summed E-state index contributed by atoms with van der Waals surface area (Å²) in [5.74, 6) is 1.46. The highest BCUT2D eigenvalue weighted by Crippen LogP contribution is 2.19. The van der Waals surface area contributed by atoms with Crippen LogP contribution in [0.3, 0.4) is 0 Å². The minimum absolute atomic E-state index is 0.233. The zero-order valence-corrected chi connectivity index (χ0v) is 12.4. The molecule has 0 aromatic rings. The Morgan fingerprint density at radius 1 is 1.41 bits per heavy atom. The van der Waals surface area contributed by atoms with Crippen LogP contribution in [0.15, 0.2) is 0 Å². The fraction of sp³-hybridized carbons (Fsp3) is 1.00. The van der Waals surface area contributed by atoms with Crippen molar-refractivity contribution < 1.29 is 4.74 Å². The summed E-state index contributed by atoms with van der Waals surface area (Å²) in [5, 5.41) is 0. The fourth-order valence-corrected chi connectivity index (χ4v) is 2.66. The summed E-state index contributed by atoms with van der Waals surface area (Å²) in [5.41, 5.74) is 0. The maximum absolute atomic E-state index is 5.90. The predicted molar refractivity (Wildman–Crippen MR) is 74.8 cm³/mol. The quantitative estimate of drug-likeness (QED) is 0.650. The summed E-state index contributed by atoms with van der Waals surface area (Å²) in [6.45, 7) is 9.90. The Morgan fingerprint density at radius 2 is 2.18 bits per heavy atom. The molecule has 0 bridgehead atoms. The van der Waals surface area contributed by atoms with Gasteiger partial charge in [-0.25, -0.2) is 0 Å². The zero-order chi connectivity index (χ0) is 12.7. The number of unbranched alkanes of at least 4 members (excludes halogenated alkanes) is 1. The highest BCUT2D eigenvalue weighted by atomic mass is 35.5. The first-order valence-electron chi connectivity index (χ1n) is 7.12. The van der Waals surface area contributed by atoms with E-state index in [0.29, 0.717) is 11.9 Å². The highest BCUT2D eigenvalue weighted by Gasteiger charge is 2.26. The van der Waals surface area contributed by atoms with Crippen molar-refractivity contribution in [3.63, 3.8) is 0 Å². The average Bonchev–Trinajstić information content (AvgIpc) is 2.36. The third-order valence-electron chi connectivity index (χ3n) is 3.84. The first-order chi connectivity index (χ1) is 8.21. The number of nitrogens with zero attached hydrogens (tertiary/aromatic N) is 1. The van der Waals surface area contributed by atoms with Gasteiger partial charge in [0.25, 0.3) is 0 Å². The van der Waals surface area contributed by atoms with Crippen LogP contribution < -0.4 is 0 Å². The summed E-state index contributed by atoms with van der Waals surface area (Å²) in [6, 6.07) is 0.546. The van der Waals surface area contributed by atoms with Gasteiger partial charge in [-0.05, 0) is 19.3 Å². The Bertz CT molecular complexity index is 201. The molecule has 17 heavy (non-hydrogen) atoms. The molecule has 1 aliphatic heterocycles. The molecule has 3 heteroatoms. The molecule has 0 aliphatic carbocycles. The van der Waals surface area contributed by atoms with Crippen LogP contribution in [0.25, 0.3) is 0 Å². The minimum atomic E-state index is 0.233. The second kappa shape index (κ2) is 8.34. The van der Waals surface area contributed by atoms with Gasteiger partial charge in [0.1, 0.15) is 0 Å². The van der Waals surface area contributed by atoms with Gasteiger partial charge in [0.15, 0.2) is 0 Å². The van der Waals surface area contributed by atoms with Gasteiger partial charge in [0.05, 0.1) is 12.7 Å². The van der Waals surface area contributed by atoms with Crippen molar-refractivity contribution in [2.45, 2.75) is 58.6 Å². The molecule has 1 heterocycles. The van der Waals surface area contributed by atoms with Crippen molar-refractivity contribution in [3.05, 3.63) is 0 Å². The monoisotopic (exact) mass is 261 g/mol. The molecule has 0 spiro atoms. The average molecular weight is 262 g/mol. The van der Waals surface area contributed by atoms with Gasteiger partial charge >= 0.3 is 0 Å². The molecule has 3 unspecified atom stereocenters. The van der Waals surface area contributed by atoms with E-state index in [1.165, 1.54) is 32.2 Å². The molecule has 1 rings (SSSR count). The van der Waals surface area contributed by atoms with Crippen LogP contribution in [0.4, 0.5) is 0 Å². The van der Waals surface area contributed by atoms with Gasteiger partial charge < -0.3 is 4.74 Å². The van der Waals surface area contributed by atoms with E-state index in [1.807, 2.05) is 0 Å². The van der Waals surface area contributed by atoms with E-state index in [0.717, 1.165) is 19.1 Å². The van der Waals surface area contributed by atoms with Crippen LogP contribution in [0.5, 0.6) is 0 Å². The maximum atomic E-state index is 5.90. The van der Waals surface area contributed by atoms with Gasteiger partial charge in [-0.15, -0.1) is 11.6 Å². The molecular formula is C14H28ClNO. The van der Waals surface area contributed by atoms with Crippen molar-refractivity contribution in [1.29, 1.82) is 0 Å². The van der Waals surface area contributed by atoms with E-state index in [1.54, 1.807) is 0 Å². The normalized spacial score (nSPS) is 28.2. The minimum Gasteiger partial charge on any atom is -0.374 e. The van der Waals surface area contributed by atoms with Crippen molar-refractivity contribution >= 4 is 11.6 Å². The number of halogens is 1. The lowest BCUT2D eigenvalue weighted by atomic mass is 9.97. The first kappa shape index (κ1) is 15.3. The molecule has 0 amide bonds. The topological polar surface area (TPSA) is 12.5 Å². The van der Waals surface area contributed by atoms with E-state index in [9.17, 15) is 0 Å². The van der Waals surface area contributed by atoms with Crippen LogP contribution >= 0.6 is 11.6 Å². The molecule has 0 saturated carbocycles. The van der Waals surface area contributed by atoms with Gasteiger partial charge in [0.2, 0.25) is 0 Å². The van der Waals surface area contributed by atoms with E-state index in [4.69, 9.17) is 16.3 Å². The number of alkyl halides is 1. The molecule has 1 fully saturated rings. The van der Waals surface area contributed by atoms with E-state index in [2.05, 4.69) is 25.7 Å². The molecule has 3 atom stereocenters. The standard InChI is InChI=1S/C14H28ClNO/c1-4-6-7-13(5-2)9-16-10-14(8-15)17-11-12(16)3/h12-14H,4-11H2,1-3H3. The lowest BCUT2D eigenvalue weighted by molar-refractivity contribution is -0.0532. The second-order valence-electron chi connectivity index (χ2n) is 5.33. The Kier molecular flexibility index (Phi) is 7.49. The third kappa shape index (κ3) is 5.15. The number of ether oxygens (including phenoxy) is 1. The Labute approximate surface area is 112 Å². The largest absolute Gasteiger partial charge is 0.374 e. The second-order valence-corrected chi connectivity index (χ2v) is 5.64. The van der Waals surface area contributed by atoms with Crippen molar-refractivity contribution in [3.8, 4) is 0 Å². The van der Waals surface area contributed by atoms with Crippen LogP contribution in [0.2, 0.25) is 0 Å². The fourth-order valence-electron chi connectivity index (χ4n) is 2.47. The molecule has 1 saturated heterocycles. The summed E-state index contributed by atoms with van der Waals surface area (Å²) in [6.07, 6.45) is 5.55. The van der Waals surface area contributed by atoms with Crippen molar-refractivity contribution in [2.24, 2.45) is 5.92 Å². The first-order valence-corrected chi connectivity index (χ1v) is 7.66. The van der Waals surface area contributed by atoms with Crippen LogP contribution in [-0.2, 0) is 4.74 Å². The van der Waals surface area contributed by atoms with Crippen LogP contribution in [0.1, 0.15) is 46.5 Å². The van der Waals surface area contributed by atoms with Crippen molar-refractivity contribution in [2.75, 3.05) is 25.6 Å². The van der Waals surface area contributed by atoms with Gasteiger partial charge in [-0.2, -0.15) is 0 Å². The summed E-state index contributed by atoms with van der Waals surface area (Å²) < 4.78 is 5.69. The summed E-state index contributed by atoms with van der Waals surface area (Å²) >= 11 is 5.90. The Morgan fingerprint density at radius 3 is 2.76 bits per heavy atom. The SMILES string of the molecule is CCCCC(CC)CN1CC(CCl)OCC1C. The van der Waals surface area contributed by atoms with Gasteiger partial charge in [-0.3, -0.25) is 4.90 Å². The molecule has 1 aliphatic rings. The number of hydrogen-bond donors (Lipinski definition) is 0. The Balaban J connectivity index is 2.40. The summed E-state index contributed by atoms with van der Waals surface area (Å²) in [7, 11) is 0. The van der Waals surface area contributed by atoms with E-state index in [-0.39, 0.29) is 6.10 Å². The smallest absolute Gasteiger partial charge is 0.0837 e. The van der Waals surface area contributed by atoms with E-state index >= 15 is 0 Å². The lowest BCUT2D eigenvalue weighted by Gasteiger charge is -2.39. The number of morpholine rings is 1. The van der Waals surface area contributed by atoms with E-state index < -0.39 is 0 Å². The molecular weight excluding hydrogens is 234 g/mol. The number of rotatable bonds is 7. The Hall–Kier alpha value is 0.210. The van der Waals surface area contributed by atoms with Crippen LogP contribution in [0, 0.1) is 5.92 Å². The van der Waals surface area contributed by atoms with Gasteiger partial charge in [0, 0.05) is 25.0 Å². The molecule has 2 nitrogen and oxygen atoms in total. The predicted octanol–water partition coefficient (Wildman–Crippen LogP) is 3.53. The lowest BCUT2D eigenvalue weighted by Crippen LogP contribution is -2.50.